The number of nitrogens with one attached hydrogen (secondary N) is 2. The Morgan fingerprint density at radius 2 is 1.83 bits per heavy atom. The summed E-state index contributed by atoms with van der Waals surface area (Å²) in [5.41, 5.74) is 2.35. The number of benzene rings is 2. The van der Waals surface area contributed by atoms with Crippen molar-refractivity contribution in [2.75, 3.05) is 12.4 Å². The van der Waals surface area contributed by atoms with Crippen molar-refractivity contribution in [3.63, 3.8) is 0 Å². The van der Waals surface area contributed by atoms with Crippen LogP contribution in [0.4, 0.5) is 10.5 Å². The van der Waals surface area contributed by atoms with E-state index in [-0.39, 0.29) is 6.42 Å². The van der Waals surface area contributed by atoms with Gasteiger partial charge in [0.05, 0.1) is 32.4 Å². The van der Waals surface area contributed by atoms with Crippen LogP contribution in [0.2, 0.25) is 0 Å². The Hall–Kier alpha value is -3.58. The highest BCUT2D eigenvalue weighted by Gasteiger charge is 2.19. The summed E-state index contributed by atoms with van der Waals surface area (Å²) >= 11 is 0. The summed E-state index contributed by atoms with van der Waals surface area (Å²) in [4.78, 5) is 24.3. The maximum Gasteiger partial charge on any atom is 0.319 e. The van der Waals surface area contributed by atoms with E-state index < -0.39 is 18.0 Å². The molecule has 7 nitrogen and oxygen atoms in total. The zero-order valence-corrected chi connectivity index (χ0v) is 16.7. The molecule has 0 fully saturated rings. The third kappa shape index (κ3) is 6.49. The van der Waals surface area contributed by atoms with Crippen molar-refractivity contribution in [3.05, 3.63) is 89.9 Å². The van der Waals surface area contributed by atoms with Crippen LogP contribution < -0.4 is 10.6 Å². The minimum atomic E-state index is -0.501. The van der Waals surface area contributed by atoms with Crippen LogP contribution in [0.25, 0.3) is 0 Å². The second kappa shape index (κ2) is 10.8. The molecular weight excluding hydrogens is 384 g/mol. The van der Waals surface area contributed by atoms with E-state index in [0.717, 1.165) is 16.9 Å². The molecule has 1 unspecified atom stereocenters. The molecule has 156 valence electrons. The predicted molar refractivity (Wildman–Crippen MR) is 112 cm³/mol. The van der Waals surface area contributed by atoms with Gasteiger partial charge in [-0.25, -0.2) is 4.79 Å². The van der Waals surface area contributed by atoms with Crippen LogP contribution in [0.15, 0.2) is 77.4 Å². The number of amides is 2. The zero-order chi connectivity index (χ0) is 21.2. The summed E-state index contributed by atoms with van der Waals surface area (Å²) < 4.78 is 15.6. The third-order valence-electron chi connectivity index (χ3n) is 4.38. The first-order valence-electron chi connectivity index (χ1n) is 9.52. The Morgan fingerprint density at radius 3 is 2.57 bits per heavy atom. The fraction of sp³-hybridized carbons (Fsp3) is 0.217. The molecule has 0 aliphatic rings. The van der Waals surface area contributed by atoms with Crippen LogP contribution in [0.3, 0.4) is 0 Å². The van der Waals surface area contributed by atoms with Gasteiger partial charge in [0.2, 0.25) is 0 Å². The Morgan fingerprint density at radius 1 is 1.00 bits per heavy atom. The molecule has 1 heterocycles. The number of methoxy groups -OCH3 is 1. The molecule has 7 heteroatoms. The molecule has 0 aliphatic heterocycles. The molecule has 30 heavy (non-hydrogen) atoms. The predicted octanol–water partition coefficient (Wildman–Crippen LogP) is 4.42. The summed E-state index contributed by atoms with van der Waals surface area (Å²) in [6.45, 7) is 0.754. The monoisotopic (exact) mass is 408 g/mol. The number of ether oxygens (including phenoxy) is 2. The Bertz CT molecular complexity index is 941. The van der Waals surface area contributed by atoms with Crippen molar-refractivity contribution in [1.82, 2.24) is 5.32 Å². The second-order valence-electron chi connectivity index (χ2n) is 6.61. The van der Waals surface area contributed by atoms with E-state index in [9.17, 15) is 9.59 Å². The maximum absolute atomic E-state index is 12.5. The number of rotatable bonds is 9. The third-order valence-corrected chi connectivity index (χ3v) is 4.38. The highest BCUT2D eigenvalue weighted by atomic mass is 16.5. The summed E-state index contributed by atoms with van der Waals surface area (Å²) in [5.74, 6) is 0.348. The van der Waals surface area contributed by atoms with Crippen molar-refractivity contribution in [2.45, 2.75) is 25.7 Å². The molecule has 3 aromatic rings. The zero-order valence-electron chi connectivity index (χ0n) is 16.7. The van der Waals surface area contributed by atoms with Gasteiger partial charge in [-0.3, -0.25) is 4.79 Å². The van der Waals surface area contributed by atoms with Crippen molar-refractivity contribution in [2.24, 2.45) is 0 Å². The van der Waals surface area contributed by atoms with Crippen LogP contribution in [-0.4, -0.2) is 19.1 Å². The Balaban J connectivity index is 1.57. The minimum absolute atomic E-state index is 0.0363. The lowest BCUT2D eigenvalue weighted by molar-refractivity contribution is -0.141. The molecule has 2 aromatic carbocycles. The van der Waals surface area contributed by atoms with Crippen LogP contribution >= 0.6 is 0 Å². The van der Waals surface area contributed by atoms with Gasteiger partial charge < -0.3 is 24.5 Å². The van der Waals surface area contributed by atoms with E-state index >= 15 is 0 Å². The highest BCUT2D eigenvalue weighted by molar-refractivity contribution is 5.90. The molecule has 1 aromatic heterocycles. The summed E-state index contributed by atoms with van der Waals surface area (Å²) in [5, 5.41) is 5.64. The molecule has 0 saturated carbocycles. The number of esters is 1. The molecule has 0 aliphatic carbocycles. The van der Waals surface area contributed by atoms with Gasteiger partial charge in [-0.15, -0.1) is 0 Å². The van der Waals surface area contributed by atoms with Gasteiger partial charge in [0.15, 0.2) is 0 Å². The van der Waals surface area contributed by atoms with Gasteiger partial charge in [0, 0.05) is 5.69 Å². The Labute approximate surface area is 175 Å². The smallest absolute Gasteiger partial charge is 0.319 e. The lowest BCUT2D eigenvalue weighted by Crippen LogP contribution is -2.34. The normalized spacial score (nSPS) is 11.5. The first kappa shape index (κ1) is 21.1. The van der Waals surface area contributed by atoms with Crippen molar-refractivity contribution in [1.29, 1.82) is 0 Å². The summed E-state index contributed by atoms with van der Waals surface area (Å²) in [6.07, 6.45) is 1.64. The first-order valence-corrected chi connectivity index (χ1v) is 9.52. The average Bonchev–Trinajstić information content (AvgIpc) is 3.27. The van der Waals surface area contributed by atoms with Gasteiger partial charge >= 0.3 is 12.0 Å². The van der Waals surface area contributed by atoms with Gasteiger partial charge in [-0.05, 0) is 35.4 Å². The summed E-state index contributed by atoms with van der Waals surface area (Å²) in [7, 11) is 1.32. The number of anilines is 1. The van der Waals surface area contributed by atoms with Crippen LogP contribution in [0.1, 0.15) is 29.3 Å². The number of urea groups is 1. The summed E-state index contributed by atoms with van der Waals surface area (Å²) in [6, 6.07) is 19.4. The number of hydrogen-bond donors (Lipinski definition) is 2. The molecule has 0 saturated heterocycles. The number of carbonyl (C=O) groups is 2. The first-order chi connectivity index (χ1) is 14.6. The lowest BCUT2D eigenvalue weighted by atomic mass is 10.0. The van der Waals surface area contributed by atoms with Crippen LogP contribution in [0, 0.1) is 0 Å². The number of carbonyl (C=O) groups excluding carboxylic acids is 2. The fourth-order valence-electron chi connectivity index (χ4n) is 2.92. The molecule has 2 N–H and O–H groups in total. The Kier molecular flexibility index (Phi) is 7.63. The van der Waals surface area contributed by atoms with Crippen molar-refractivity contribution >= 4 is 17.7 Å². The maximum atomic E-state index is 12.5. The van der Waals surface area contributed by atoms with E-state index in [4.69, 9.17) is 13.9 Å². The molecule has 1 atom stereocenters. The van der Waals surface area contributed by atoms with E-state index in [1.165, 1.54) is 7.11 Å². The highest BCUT2D eigenvalue weighted by Crippen LogP contribution is 2.18. The van der Waals surface area contributed by atoms with Crippen LogP contribution in [0.5, 0.6) is 0 Å². The largest absolute Gasteiger partial charge is 0.469 e. The number of hydrogen-bond acceptors (Lipinski definition) is 5. The lowest BCUT2D eigenvalue weighted by Gasteiger charge is -2.19. The standard InChI is InChI=1S/C23H24N2O5/c1-28-22(26)14-21(18-8-3-2-4-9-18)25-23(27)24-19-10-5-7-17(13-19)15-29-16-20-11-6-12-30-20/h2-13,21H,14-16H2,1H3,(H2,24,25,27). The molecule has 2 amide bonds. The van der Waals surface area contributed by atoms with Gasteiger partial charge in [0.1, 0.15) is 12.4 Å². The fourth-order valence-corrected chi connectivity index (χ4v) is 2.92. The minimum Gasteiger partial charge on any atom is -0.469 e. The van der Waals surface area contributed by atoms with Crippen molar-refractivity contribution < 1.29 is 23.5 Å². The van der Waals surface area contributed by atoms with Gasteiger partial charge in [0.25, 0.3) is 0 Å². The van der Waals surface area contributed by atoms with Gasteiger partial charge in [-0.2, -0.15) is 0 Å². The van der Waals surface area contributed by atoms with E-state index in [0.29, 0.717) is 18.9 Å². The van der Waals surface area contributed by atoms with Crippen LogP contribution in [-0.2, 0) is 27.5 Å². The quantitative estimate of drug-likeness (QED) is 0.512. The molecule has 0 bridgehead atoms. The van der Waals surface area contributed by atoms with E-state index in [1.807, 2.05) is 60.7 Å². The second-order valence-corrected chi connectivity index (χ2v) is 6.61. The molecule has 0 spiro atoms. The molecular formula is C23H24N2O5. The molecule has 0 radical (unpaired) electrons. The number of furan rings is 1. The topological polar surface area (TPSA) is 89.8 Å². The van der Waals surface area contributed by atoms with Gasteiger partial charge in [-0.1, -0.05) is 42.5 Å². The van der Waals surface area contributed by atoms with Crippen molar-refractivity contribution in [3.8, 4) is 0 Å². The van der Waals surface area contributed by atoms with E-state index in [2.05, 4.69) is 10.6 Å². The SMILES string of the molecule is COC(=O)CC(NC(=O)Nc1cccc(COCc2ccco2)c1)c1ccccc1. The van der Waals surface area contributed by atoms with E-state index in [1.54, 1.807) is 12.3 Å². The average molecular weight is 408 g/mol. The molecule has 3 rings (SSSR count).